The molecule has 0 radical (unpaired) electrons. The van der Waals surface area contributed by atoms with Crippen molar-refractivity contribution in [2.45, 2.75) is 103 Å². The highest BCUT2D eigenvalue weighted by molar-refractivity contribution is 6.21. The van der Waals surface area contributed by atoms with Gasteiger partial charge in [0.2, 0.25) is 5.91 Å². The molecule has 0 saturated carbocycles. The first-order valence-electron chi connectivity index (χ1n) is 23.8. The Morgan fingerprint density at radius 3 is 2.15 bits per heavy atom. The van der Waals surface area contributed by atoms with Crippen LogP contribution >= 0.6 is 0 Å². The fourth-order valence-electron chi connectivity index (χ4n) is 8.74. The number of carbonyl (C=O) groups is 3. The Labute approximate surface area is 386 Å². The van der Waals surface area contributed by atoms with Crippen LogP contribution in [0.15, 0.2) is 109 Å². The van der Waals surface area contributed by atoms with Crippen molar-refractivity contribution in [2.75, 3.05) is 59.1 Å². The molecule has 3 amide bonds. The normalized spacial score (nSPS) is 17.5. The van der Waals surface area contributed by atoms with E-state index >= 15 is 0 Å². The Morgan fingerprint density at radius 1 is 0.846 bits per heavy atom. The molecule has 11 heteroatoms. The molecule has 0 aliphatic carbocycles. The molecule has 0 bridgehead atoms. The second-order valence-electron chi connectivity index (χ2n) is 17.8. The van der Waals surface area contributed by atoms with Crippen LogP contribution in [0, 0.1) is 5.82 Å². The predicted octanol–water partition coefficient (Wildman–Crippen LogP) is 10.2. The summed E-state index contributed by atoms with van der Waals surface area (Å²) in [5.41, 5.74) is 2.20. The number of rotatable bonds is 21. The van der Waals surface area contributed by atoms with E-state index in [-0.39, 0.29) is 29.6 Å². The number of H-pyrrole nitrogens is 1. The monoisotopic (exact) mass is 888 g/mol. The molecule has 0 unspecified atom stereocenters. The number of piperidine rings is 1. The zero-order chi connectivity index (χ0) is 45.9. The maximum absolute atomic E-state index is 14.5. The van der Waals surface area contributed by atoms with Gasteiger partial charge in [-0.25, -0.2) is 4.39 Å². The van der Waals surface area contributed by atoms with Gasteiger partial charge in [-0.1, -0.05) is 81.5 Å². The molecule has 4 heterocycles. The molecule has 2 saturated heterocycles. The summed E-state index contributed by atoms with van der Waals surface area (Å²) < 4.78 is 25.9. The molecule has 10 nitrogen and oxygen atoms in total. The van der Waals surface area contributed by atoms with Crippen molar-refractivity contribution in [1.82, 2.24) is 25.0 Å². The van der Waals surface area contributed by atoms with E-state index in [0.717, 1.165) is 95.2 Å². The third kappa shape index (κ3) is 14.7. The molecule has 2 fully saturated rings. The summed E-state index contributed by atoms with van der Waals surface area (Å²) in [6, 6.07) is 11.6. The van der Waals surface area contributed by atoms with Crippen LogP contribution in [0.25, 0.3) is 16.5 Å². The van der Waals surface area contributed by atoms with E-state index in [1.165, 1.54) is 12.1 Å². The van der Waals surface area contributed by atoms with E-state index < -0.39 is 5.41 Å². The number of hydrogen-bond acceptors (Lipinski definition) is 6. The van der Waals surface area contributed by atoms with Crippen LogP contribution in [0.1, 0.15) is 113 Å². The summed E-state index contributed by atoms with van der Waals surface area (Å²) in [4.78, 5) is 51.0. The van der Waals surface area contributed by atoms with Crippen LogP contribution in [-0.4, -0.2) is 103 Å². The fraction of sp³-hybridized carbons (Fsp3) is 0.463. The number of aromatic amines is 1. The second kappa shape index (κ2) is 25.2. The van der Waals surface area contributed by atoms with Crippen LogP contribution in [0.3, 0.4) is 0 Å². The number of hydrogen-bond donors (Lipinski definition) is 2. The average Bonchev–Trinajstić information content (AvgIpc) is 3.64. The summed E-state index contributed by atoms with van der Waals surface area (Å²) in [6.45, 7) is 12.6. The smallest absolute Gasteiger partial charge is 0.257 e. The van der Waals surface area contributed by atoms with E-state index in [2.05, 4.69) is 82.9 Å². The Morgan fingerprint density at radius 2 is 1.49 bits per heavy atom. The topological polar surface area (TPSA) is 107 Å². The number of morpholine rings is 1. The van der Waals surface area contributed by atoms with Crippen molar-refractivity contribution in [3.8, 4) is 5.75 Å². The maximum Gasteiger partial charge on any atom is 0.257 e. The lowest BCUT2D eigenvalue weighted by molar-refractivity contribution is -0.132. The molecular formula is C54H70FN5O5. The van der Waals surface area contributed by atoms with E-state index in [1.54, 1.807) is 29.3 Å². The van der Waals surface area contributed by atoms with E-state index in [9.17, 15) is 18.8 Å². The molecule has 3 aliphatic rings. The molecule has 348 valence electrons. The van der Waals surface area contributed by atoms with Gasteiger partial charge in [-0.15, -0.1) is 0 Å². The standard InChI is InChI=1S/C54H70FN5O5/c1-4-5-6-7-8-9-10-11-12-13-14-15-16-17-18-19-20-22-49(61)59-32-29-44(30-33-59)56-52(62)47-40-60(41-54(2,3)50-46-28-25-43(55)39-48(46)57-51(47)50)53(63)42-23-26-45(27-24-42)65-36-21-31-58-34-37-64-38-35-58/h5-6,8-9,11-12,14-15,17-18,23-28,39-40,44,57H,4,7,10,13,16,19-22,29-38,41H2,1-3H3,(H,56,62). The van der Waals surface area contributed by atoms with Gasteiger partial charge in [0.05, 0.1) is 31.1 Å². The minimum Gasteiger partial charge on any atom is -0.494 e. The molecule has 1 aromatic heterocycles. The van der Waals surface area contributed by atoms with Gasteiger partial charge in [0, 0.05) is 79.8 Å². The minimum atomic E-state index is -0.608. The van der Waals surface area contributed by atoms with Crippen molar-refractivity contribution in [3.63, 3.8) is 0 Å². The summed E-state index contributed by atoms with van der Waals surface area (Å²) in [6.07, 6.45) is 32.6. The lowest BCUT2D eigenvalue weighted by Crippen LogP contribution is -2.46. The largest absolute Gasteiger partial charge is 0.494 e. The number of amides is 3. The third-order valence-electron chi connectivity index (χ3n) is 12.3. The number of benzene rings is 2. The molecule has 3 aliphatic heterocycles. The van der Waals surface area contributed by atoms with Crippen molar-refractivity contribution >= 4 is 34.2 Å². The molecule has 3 aromatic rings. The van der Waals surface area contributed by atoms with Gasteiger partial charge in [-0.2, -0.15) is 0 Å². The number of fused-ring (bicyclic) bond motifs is 3. The van der Waals surface area contributed by atoms with Crippen LogP contribution in [0.4, 0.5) is 4.39 Å². The van der Waals surface area contributed by atoms with E-state index in [1.807, 2.05) is 30.9 Å². The molecule has 0 atom stereocenters. The predicted molar refractivity (Wildman–Crippen MR) is 260 cm³/mol. The number of ether oxygens (including phenoxy) is 2. The minimum absolute atomic E-state index is 0.142. The van der Waals surface area contributed by atoms with Crippen LogP contribution < -0.4 is 10.1 Å². The highest BCUT2D eigenvalue weighted by Gasteiger charge is 2.38. The van der Waals surface area contributed by atoms with Gasteiger partial charge in [0.15, 0.2) is 0 Å². The van der Waals surface area contributed by atoms with Crippen LogP contribution in [-0.2, 0) is 19.7 Å². The van der Waals surface area contributed by atoms with Crippen molar-refractivity contribution in [1.29, 1.82) is 0 Å². The molecule has 65 heavy (non-hydrogen) atoms. The summed E-state index contributed by atoms with van der Waals surface area (Å²) in [5, 5.41) is 4.04. The number of allylic oxidation sites excluding steroid dienone is 10. The van der Waals surface area contributed by atoms with Crippen LogP contribution in [0.2, 0.25) is 0 Å². The van der Waals surface area contributed by atoms with Gasteiger partial charge in [0.1, 0.15) is 11.6 Å². The Kier molecular flexibility index (Phi) is 19.0. The number of nitrogens with zero attached hydrogens (tertiary/aromatic N) is 3. The zero-order valence-corrected chi connectivity index (χ0v) is 38.9. The molecule has 0 spiro atoms. The second-order valence-corrected chi connectivity index (χ2v) is 17.8. The number of carbonyl (C=O) groups excluding carboxylic acids is 3. The number of likely N-dealkylation sites (tertiary alicyclic amines) is 1. The highest BCUT2D eigenvalue weighted by atomic mass is 19.1. The fourth-order valence-corrected chi connectivity index (χ4v) is 8.74. The summed E-state index contributed by atoms with van der Waals surface area (Å²) in [5.74, 6) is -0.104. The maximum atomic E-state index is 14.5. The lowest BCUT2D eigenvalue weighted by Gasteiger charge is -2.32. The molecular weight excluding hydrogens is 818 g/mol. The molecule has 2 aromatic carbocycles. The van der Waals surface area contributed by atoms with Crippen molar-refractivity contribution in [3.05, 3.63) is 132 Å². The Hall–Kier alpha value is -5.52. The quantitative estimate of drug-likeness (QED) is 0.0815. The Balaban J connectivity index is 0.995. The molecule has 2 N–H and O–H groups in total. The van der Waals surface area contributed by atoms with E-state index in [0.29, 0.717) is 73.6 Å². The first-order chi connectivity index (χ1) is 31.6. The SMILES string of the molecule is CCC=CCC=CCC=CCC=CCC=CCCCC(=O)N1CCC(NC(=O)C2=CN(C(=O)c3ccc(OCCCN4CCOCC4)cc3)CC(C)(C)c3c2[nH]c2cc(F)ccc32)CC1. The van der Waals surface area contributed by atoms with Gasteiger partial charge >= 0.3 is 0 Å². The highest BCUT2D eigenvalue weighted by Crippen LogP contribution is 2.41. The number of halogens is 1. The number of nitrogens with one attached hydrogen (secondary N) is 2. The number of aromatic nitrogens is 1. The first kappa shape index (κ1) is 48.9. The van der Waals surface area contributed by atoms with Gasteiger partial charge in [0.25, 0.3) is 11.8 Å². The Bertz CT molecular complexity index is 2200. The third-order valence-corrected chi connectivity index (χ3v) is 12.3. The lowest BCUT2D eigenvalue weighted by atomic mass is 9.81. The van der Waals surface area contributed by atoms with Crippen molar-refractivity contribution < 1.29 is 28.2 Å². The van der Waals surface area contributed by atoms with Crippen molar-refractivity contribution in [2.24, 2.45) is 0 Å². The zero-order valence-electron chi connectivity index (χ0n) is 38.9. The summed E-state index contributed by atoms with van der Waals surface area (Å²) in [7, 11) is 0. The van der Waals surface area contributed by atoms with Crippen LogP contribution in [0.5, 0.6) is 5.75 Å². The van der Waals surface area contributed by atoms with Gasteiger partial charge in [-0.05, 0) is 112 Å². The summed E-state index contributed by atoms with van der Waals surface area (Å²) >= 11 is 0. The molecule has 6 rings (SSSR count). The average molecular weight is 888 g/mol. The van der Waals surface area contributed by atoms with Gasteiger partial charge in [-0.3, -0.25) is 19.3 Å². The first-order valence-corrected chi connectivity index (χ1v) is 23.8. The van der Waals surface area contributed by atoms with E-state index in [4.69, 9.17) is 9.47 Å². The van der Waals surface area contributed by atoms with Gasteiger partial charge < -0.3 is 29.6 Å². The number of unbranched alkanes of at least 4 members (excludes halogenated alkanes) is 1.